The highest BCUT2D eigenvalue weighted by atomic mass is 32.2. The van der Waals surface area contributed by atoms with E-state index in [-0.39, 0.29) is 17.7 Å². The minimum absolute atomic E-state index is 0.0942. The summed E-state index contributed by atoms with van der Waals surface area (Å²) in [6.45, 7) is 1.93. The van der Waals surface area contributed by atoms with Gasteiger partial charge in [-0.05, 0) is 49.6 Å². The third-order valence-electron chi connectivity index (χ3n) is 5.69. The summed E-state index contributed by atoms with van der Waals surface area (Å²) < 4.78 is 25.1. The zero-order valence-corrected chi connectivity index (χ0v) is 19.0. The van der Waals surface area contributed by atoms with Crippen LogP contribution in [0, 0.1) is 6.92 Å². The molecule has 6 nitrogen and oxygen atoms in total. The number of anilines is 1. The average molecular weight is 443 g/mol. The van der Waals surface area contributed by atoms with E-state index in [4.69, 9.17) is 0 Å². The molecule has 2 aromatic carbocycles. The zero-order valence-electron chi connectivity index (χ0n) is 18.1. The molecule has 1 aliphatic rings. The van der Waals surface area contributed by atoms with Crippen LogP contribution in [0.4, 0.5) is 5.69 Å². The van der Waals surface area contributed by atoms with E-state index in [1.54, 1.807) is 41.3 Å². The van der Waals surface area contributed by atoms with Gasteiger partial charge in [0.05, 0.1) is 5.75 Å². The Labute approximate surface area is 184 Å². The molecule has 31 heavy (non-hydrogen) atoms. The largest absolute Gasteiger partial charge is 0.339 e. The summed E-state index contributed by atoms with van der Waals surface area (Å²) in [6, 6.07) is 14.1. The van der Waals surface area contributed by atoms with E-state index in [0.29, 0.717) is 16.8 Å². The van der Waals surface area contributed by atoms with Crippen molar-refractivity contribution < 1.29 is 18.0 Å². The number of rotatable bonds is 7. The van der Waals surface area contributed by atoms with Gasteiger partial charge in [-0.25, -0.2) is 8.42 Å². The van der Waals surface area contributed by atoms with Crippen molar-refractivity contribution in [1.29, 1.82) is 0 Å². The molecule has 2 aromatic rings. The molecule has 7 heteroatoms. The second-order valence-electron chi connectivity index (χ2n) is 8.35. The first-order valence-electron chi connectivity index (χ1n) is 10.7. The second-order valence-corrected chi connectivity index (χ2v) is 10.4. The Bertz CT molecular complexity index is 1030. The topological polar surface area (TPSA) is 83.5 Å². The highest BCUT2D eigenvalue weighted by molar-refractivity contribution is 7.91. The molecule has 1 N–H and O–H groups in total. The molecule has 0 saturated heterocycles. The molecule has 1 fully saturated rings. The molecular formula is C24H30N2O4S. The van der Waals surface area contributed by atoms with Crippen LogP contribution < -0.4 is 5.32 Å². The first kappa shape index (κ1) is 23.0. The summed E-state index contributed by atoms with van der Waals surface area (Å²) in [5, 5.41) is 2.61. The summed E-state index contributed by atoms with van der Waals surface area (Å²) >= 11 is 0. The molecule has 0 radical (unpaired) electrons. The van der Waals surface area contributed by atoms with Crippen LogP contribution in [0.2, 0.25) is 0 Å². The van der Waals surface area contributed by atoms with Crippen LogP contribution in [-0.2, 0) is 20.4 Å². The van der Waals surface area contributed by atoms with Gasteiger partial charge in [-0.2, -0.15) is 0 Å². The Kier molecular flexibility index (Phi) is 7.49. The molecule has 0 aliphatic heterocycles. The van der Waals surface area contributed by atoms with Gasteiger partial charge in [-0.15, -0.1) is 0 Å². The van der Waals surface area contributed by atoms with Crippen LogP contribution in [0.5, 0.6) is 0 Å². The fourth-order valence-electron chi connectivity index (χ4n) is 3.97. The molecule has 3 rings (SSSR count). The van der Waals surface area contributed by atoms with Gasteiger partial charge in [-0.3, -0.25) is 9.59 Å². The number of hydrogen-bond acceptors (Lipinski definition) is 4. The molecular weight excluding hydrogens is 412 g/mol. The predicted octanol–water partition coefficient (Wildman–Crippen LogP) is 3.95. The number of amides is 2. The van der Waals surface area contributed by atoms with Crippen LogP contribution in [0.25, 0.3) is 0 Å². The van der Waals surface area contributed by atoms with Crippen LogP contribution in [0.1, 0.15) is 53.6 Å². The van der Waals surface area contributed by atoms with Gasteiger partial charge in [0.1, 0.15) is 5.75 Å². The Morgan fingerprint density at radius 3 is 2.39 bits per heavy atom. The fraction of sp³-hybridized carbons (Fsp3) is 0.417. The van der Waals surface area contributed by atoms with Gasteiger partial charge in [0, 0.05) is 24.3 Å². The minimum Gasteiger partial charge on any atom is -0.339 e. The standard InChI is InChI=1S/C24H30N2O4S/c1-18-11-13-21(14-12-18)25-23(27)17-31(29,30)16-19-7-6-8-20(15-19)24(28)26(2)22-9-4-3-5-10-22/h6-8,11-15,22H,3-5,9-10,16-17H2,1-2H3,(H,25,27). The molecule has 0 spiro atoms. The average Bonchev–Trinajstić information content (AvgIpc) is 2.74. The van der Waals surface area contributed by atoms with Gasteiger partial charge in [0.15, 0.2) is 9.84 Å². The summed E-state index contributed by atoms with van der Waals surface area (Å²) in [7, 11) is -1.87. The molecule has 0 unspecified atom stereocenters. The zero-order chi connectivity index (χ0) is 22.4. The maximum atomic E-state index is 12.9. The van der Waals surface area contributed by atoms with Crippen LogP contribution in [-0.4, -0.2) is 44.0 Å². The molecule has 1 saturated carbocycles. The first-order valence-corrected chi connectivity index (χ1v) is 12.5. The first-order chi connectivity index (χ1) is 14.7. The molecule has 0 aromatic heterocycles. The van der Waals surface area contributed by atoms with Gasteiger partial charge in [0.2, 0.25) is 5.91 Å². The molecule has 0 heterocycles. The van der Waals surface area contributed by atoms with E-state index in [2.05, 4.69) is 5.32 Å². The van der Waals surface area contributed by atoms with E-state index in [9.17, 15) is 18.0 Å². The molecule has 1 aliphatic carbocycles. The minimum atomic E-state index is -3.68. The van der Waals surface area contributed by atoms with E-state index in [0.717, 1.165) is 31.2 Å². The van der Waals surface area contributed by atoms with Crippen LogP contribution in [0.15, 0.2) is 48.5 Å². The molecule has 0 bridgehead atoms. The van der Waals surface area contributed by atoms with Crippen molar-refractivity contribution in [3.8, 4) is 0 Å². The molecule has 2 amide bonds. The van der Waals surface area contributed by atoms with E-state index in [1.807, 2.05) is 26.1 Å². The maximum Gasteiger partial charge on any atom is 0.253 e. The van der Waals surface area contributed by atoms with Crippen molar-refractivity contribution in [3.05, 3.63) is 65.2 Å². The Morgan fingerprint density at radius 1 is 1.03 bits per heavy atom. The Morgan fingerprint density at radius 2 is 1.71 bits per heavy atom. The lowest BCUT2D eigenvalue weighted by molar-refractivity contribution is -0.113. The highest BCUT2D eigenvalue weighted by Gasteiger charge is 2.24. The number of aryl methyl sites for hydroxylation is 1. The quantitative estimate of drug-likeness (QED) is 0.704. The smallest absolute Gasteiger partial charge is 0.253 e. The van der Waals surface area contributed by atoms with Gasteiger partial charge in [-0.1, -0.05) is 49.1 Å². The SMILES string of the molecule is Cc1ccc(NC(=O)CS(=O)(=O)Cc2cccc(C(=O)N(C)C3CCCCC3)c2)cc1. The third kappa shape index (κ3) is 6.66. The normalized spacial score (nSPS) is 14.8. The summed E-state index contributed by atoms with van der Waals surface area (Å²) in [6.07, 6.45) is 5.48. The van der Waals surface area contributed by atoms with Gasteiger partial charge < -0.3 is 10.2 Å². The van der Waals surface area contributed by atoms with Gasteiger partial charge >= 0.3 is 0 Å². The number of benzene rings is 2. The van der Waals surface area contributed by atoms with Gasteiger partial charge in [0.25, 0.3) is 5.91 Å². The number of carbonyl (C=O) groups excluding carboxylic acids is 2. The van der Waals surface area contributed by atoms with Crippen LogP contribution in [0.3, 0.4) is 0 Å². The van der Waals surface area contributed by atoms with Crippen molar-refractivity contribution in [2.24, 2.45) is 0 Å². The van der Waals surface area contributed by atoms with Crippen molar-refractivity contribution >= 4 is 27.3 Å². The highest BCUT2D eigenvalue weighted by Crippen LogP contribution is 2.23. The number of nitrogens with zero attached hydrogens (tertiary/aromatic N) is 1. The van der Waals surface area contributed by atoms with Crippen molar-refractivity contribution in [2.45, 2.75) is 50.8 Å². The van der Waals surface area contributed by atoms with E-state index in [1.165, 1.54) is 6.42 Å². The molecule has 0 atom stereocenters. The lowest BCUT2D eigenvalue weighted by Gasteiger charge is -2.31. The number of hydrogen-bond donors (Lipinski definition) is 1. The number of sulfone groups is 1. The van der Waals surface area contributed by atoms with Crippen LogP contribution >= 0.6 is 0 Å². The fourth-order valence-corrected chi connectivity index (χ4v) is 5.23. The molecule has 166 valence electrons. The predicted molar refractivity (Wildman–Crippen MR) is 123 cm³/mol. The summed E-state index contributed by atoms with van der Waals surface area (Å²) in [5.41, 5.74) is 2.59. The second kappa shape index (κ2) is 10.1. The Balaban J connectivity index is 1.62. The van der Waals surface area contributed by atoms with E-state index >= 15 is 0 Å². The Hall–Kier alpha value is -2.67. The third-order valence-corrected chi connectivity index (χ3v) is 7.16. The maximum absolute atomic E-state index is 12.9. The van der Waals surface area contributed by atoms with Crippen molar-refractivity contribution in [3.63, 3.8) is 0 Å². The van der Waals surface area contributed by atoms with Crippen molar-refractivity contribution in [1.82, 2.24) is 4.90 Å². The van der Waals surface area contributed by atoms with Crippen molar-refractivity contribution in [2.75, 3.05) is 18.1 Å². The number of carbonyl (C=O) groups is 2. The monoisotopic (exact) mass is 442 g/mol. The lowest BCUT2D eigenvalue weighted by atomic mass is 9.94. The summed E-state index contributed by atoms with van der Waals surface area (Å²) in [5.74, 6) is -1.57. The van der Waals surface area contributed by atoms with E-state index < -0.39 is 21.5 Å². The lowest BCUT2D eigenvalue weighted by Crippen LogP contribution is -2.38. The summed E-state index contributed by atoms with van der Waals surface area (Å²) in [4.78, 5) is 26.9. The number of nitrogens with one attached hydrogen (secondary N) is 1.